The molecule has 0 unspecified atom stereocenters. The molecule has 0 bridgehead atoms. The van der Waals surface area contributed by atoms with Crippen LogP contribution in [-0.2, 0) is 4.79 Å². The maximum Gasteiger partial charge on any atom is 0.282 e. The van der Waals surface area contributed by atoms with Crippen molar-refractivity contribution < 1.29 is 18.4 Å². The van der Waals surface area contributed by atoms with Gasteiger partial charge >= 0.3 is 0 Å². The van der Waals surface area contributed by atoms with E-state index < -0.39 is 24.9 Å². The normalized spacial score (nSPS) is 18.0. The number of pyridine rings is 2. The third-order valence-electron chi connectivity index (χ3n) is 4.93. The Hall–Kier alpha value is -3.30. The van der Waals surface area contributed by atoms with E-state index in [2.05, 4.69) is 10.1 Å². The fraction of sp³-hybridized carbons (Fsp3) is 0.400. The molecule has 1 amide bonds. The molecular weight excluding hydrogens is 394 g/mol. The van der Waals surface area contributed by atoms with Crippen molar-refractivity contribution in [3.05, 3.63) is 47.7 Å². The molecule has 1 aliphatic carbocycles. The first kappa shape index (κ1) is 20.0. The number of alkyl halides is 2. The highest BCUT2D eigenvalue weighted by atomic mass is 19.3. The van der Waals surface area contributed by atoms with Crippen molar-refractivity contribution in [1.29, 1.82) is 0 Å². The van der Waals surface area contributed by atoms with Crippen molar-refractivity contribution >= 4 is 23.8 Å². The number of aromatic nitrogens is 2. The number of carbonyl (C=O) groups excluding carboxylic acids is 2. The van der Waals surface area contributed by atoms with Gasteiger partial charge in [0.1, 0.15) is 5.82 Å². The zero-order chi connectivity index (χ0) is 21.5. The molecule has 1 saturated heterocycles. The van der Waals surface area contributed by atoms with Gasteiger partial charge in [-0.2, -0.15) is 5.10 Å². The van der Waals surface area contributed by atoms with Gasteiger partial charge in [-0.1, -0.05) is 0 Å². The van der Waals surface area contributed by atoms with E-state index in [4.69, 9.17) is 0 Å². The lowest BCUT2D eigenvalue weighted by Crippen LogP contribution is -2.58. The number of amides is 1. The standard InChI is InChI=1S/C20H22F2N6O2/c1-25(2)24-18-9-16(7-8-26(18)13-29)28(15-4-5-15)17-6-3-14(10-23-17)19(30)27-11-20(21,22)12-27/h3,6-10,13,15H,4-5,11-12H2,1-2H3/b24-18-. The minimum absolute atomic E-state index is 0.257. The van der Waals surface area contributed by atoms with Gasteiger partial charge in [0.15, 0.2) is 5.49 Å². The second-order valence-corrected chi connectivity index (χ2v) is 7.73. The fourth-order valence-electron chi connectivity index (χ4n) is 3.37. The Morgan fingerprint density at radius 3 is 2.53 bits per heavy atom. The van der Waals surface area contributed by atoms with Gasteiger partial charge in [-0.3, -0.25) is 14.2 Å². The van der Waals surface area contributed by atoms with Crippen LogP contribution in [0.2, 0.25) is 0 Å². The summed E-state index contributed by atoms with van der Waals surface area (Å²) in [5.74, 6) is -2.60. The number of rotatable bonds is 6. The highest BCUT2D eigenvalue weighted by Crippen LogP contribution is 2.37. The van der Waals surface area contributed by atoms with Crippen LogP contribution in [-0.4, -0.2) is 70.9 Å². The van der Waals surface area contributed by atoms with Crippen LogP contribution in [0.5, 0.6) is 0 Å². The summed E-state index contributed by atoms with van der Waals surface area (Å²) in [5, 5.41) is 5.95. The topological polar surface area (TPSA) is 74.0 Å². The van der Waals surface area contributed by atoms with Gasteiger partial charge in [-0.25, -0.2) is 13.8 Å². The van der Waals surface area contributed by atoms with E-state index >= 15 is 0 Å². The first-order valence-electron chi connectivity index (χ1n) is 9.59. The summed E-state index contributed by atoms with van der Waals surface area (Å²) in [5.41, 5.74) is 1.58. The summed E-state index contributed by atoms with van der Waals surface area (Å²) in [6.45, 7) is -1.11. The van der Waals surface area contributed by atoms with E-state index in [0.29, 0.717) is 17.7 Å². The lowest BCUT2D eigenvalue weighted by atomic mass is 10.1. The molecule has 2 aliphatic rings. The van der Waals surface area contributed by atoms with Gasteiger partial charge in [0.25, 0.3) is 11.8 Å². The molecule has 2 aromatic rings. The summed E-state index contributed by atoms with van der Waals surface area (Å²) in [6, 6.07) is 7.19. The average Bonchev–Trinajstić information content (AvgIpc) is 3.51. The van der Waals surface area contributed by atoms with Crippen molar-refractivity contribution in [2.24, 2.45) is 5.10 Å². The highest BCUT2D eigenvalue weighted by molar-refractivity contribution is 5.94. The third kappa shape index (κ3) is 4.03. The van der Waals surface area contributed by atoms with E-state index in [1.54, 1.807) is 43.5 Å². The number of nitrogens with zero attached hydrogens (tertiary/aromatic N) is 6. The SMILES string of the molecule is CN(C)/N=c1/cc(N(c2ccc(C(=O)N3CC(F)(F)C3)cn2)C2CC2)ccn1C=O. The Balaban J connectivity index is 1.61. The maximum atomic E-state index is 13.0. The molecule has 3 heterocycles. The van der Waals surface area contributed by atoms with Crippen molar-refractivity contribution in [3.8, 4) is 0 Å². The zero-order valence-electron chi connectivity index (χ0n) is 16.7. The van der Waals surface area contributed by atoms with Crippen LogP contribution >= 0.6 is 0 Å². The van der Waals surface area contributed by atoms with Gasteiger partial charge in [-0.05, 0) is 31.0 Å². The van der Waals surface area contributed by atoms with Crippen LogP contribution in [0, 0.1) is 0 Å². The maximum absolute atomic E-state index is 13.0. The van der Waals surface area contributed by atoms with E-state index in [0.717, 1.165) is 23.4 Å². The van der Waals surface area contributed by atoms with Gasteiger partial charge in [0, 0.05) is 44.3 Å². The van der Waals surface area contributed by atoms with Crippen LogP contribution in [0.4, 0.5) is 20.3 Å². The number of anilines is 2. The molecule has 2 aromatic heterocycles. The Labute approximate surface area is 172 Å². The summed E-state index contributed by atoms with van der Waals surface area (Å²) < 4.78 is 27.4. The Morgan fingerprint density at radius 1 is 1.27 bits per heavy atom. The number of halogens is 2. The molecule has 158 valence electrons. The Kier molecular flexibility index (Phi) is 5.00. The van der Waals surface area contributed by atoms with Crippen molar-refractivity contribution in [2.75, 3.05) is 32.1 Å². The quantitative estimate of drug-likeness (QED) is 0.529. The van der Waals surface area contributed by atoms with Crippen LogP contribution in [0.15, 0.2) is 41.8 Å². The molecule has 10 heteroatoms. The fourth-order valence-corrected chi connectivity index (χ4v) is 3.37. The minimum atomic E-state index is -2.80. The van der Waals surface area contributed by atoms with Gasteiger partial charge in [0.2, 0.25) is 6.41 Å². The molecule has 8 nitrogen and oxygen atoms in total. The molecule has 1 saturated carbocycles. The van der Waals surface area contributed by atoms with E-state index in [1.165, 1.54) is 10.8 Å². The zero-order valence-corrected chi connectivity index (χ0v) is 16.7. The van der Waals surface area contributed by atoms with Gasteiger partial charge < -0.3 is 14.8 Å². The largest absolute Gasteiger partial charge is 0.326 e. The van der Waals surface area contributed by atoms with Crippen LogP contribution in [0.25, 0.3) is 0 Å². The molecule has 0 radical (unpaired) electrons. The molecule has 0 N–H and O–H groups in total. The molecular formula is C20H22F2N6O2. The van der Waals surface area contributed by atoms with E-state index in [-0.39, 0.29) is 11.6 Å². The van der Waals surface area contributed by atoms with Crippen LogP contribution < -0.4 is 10.4 Å². The summed E-state index contributed by atoms with van der Waals surface area (Å²) >= 11 is 0. The average molecular weight is 416 g/mol. The van der Waals surface area contributed by atoms with Gasteiger partial charge in [-0.15, -0.1) is 0 Å². The van der Waals surface area contributed by atoms with Crippen LogP contribution in [0.3, 0.4) is 0 Å². The minimum Gasteiger partial charge on any atom is -0.326 e. The van der Waals surface area contributed by atoms with Crippen LogP contribution in [0.1, 0.15) is 23.2 Å². The molecule has 1 aliphatic heterocycles. The van der Waals surface area contributed by atoms with Crippen molar-refractivity contribution in [3.63, 3.8) is 0 Å². The highest BCUT2D eigenvalue weighted by Gasteiger charge is 2.46. The van der Waals surface area contributed by atoms with E-state index in [9.17, 15) is 18.4 Å². The number of carbonyl (C=O) groups is 2. The lowest BCUT2D eigenvalue weighted by molar-refractivity contribution is -0.113. The smallest absolute Gasteiger partial charge is 0.282 e. The lowest BCUT2D eigenvalue weighted by Gasteiger charge is -2.38. The molecule has 2 fully saturated rings. The predicted octanol–water partition coefficient (Wildman–Crippen LogP) is 1.69. The molecule has 0 spiro atoms. The van der Waals surface area contributed by atoms with Crippen molar-refractivity contribution in [2.45, 2.75) is 24.8 Å². The number of likely N-dealkylation sites (tertiary alicyclic amines) is 1. The molecule has 0 atom stereocenters. The van der Waals surface area contributed by atoms with Gasteiger partial charge in [0.05, 0.1) is 18.7 Å². The number of hydrogen-bond donors (Lipinski definition) is 0. The second-order valence-electron chi connectivity index (χ2n) is 7.73. The summed E-state index contributed by atoms with van der Waals surface area (Å²) in [4.78, 5) is 31.2. The summed E-state index contributed by atoms with van der Waals surface area (Å²) in [7, 11) is 3.54. The molecule has 0 aromatic carbocycles. The summed E-state index contributed by atoms with van der Waals surface area (Å²) in [6.07, 6.45) is 5.73. The first-order valence-corrected chi connectivity index (χ1v) is 9.59. The Morgan fingerprint density at radius 2 is 2.00 bits per heavy atom. The number of hydrogen-bond acceptors (Lipinski definition) is 6. The molecule has 30 heavy (non-hydrogen) atoms. The van der Waals surface area contributed by atoms with Crippen molar-refractivity contribution in [1.82, 2.24) is 19.5 Å². The molecule has 4 rings (SSSR count). The monoisotopic (exact) mass is 416 g/mol. The Bertz CT molecular complexity index is 1020. The first-order chi connectivity index (χ1) is 14.3. The predicted molar refractivity (Wildman–Crippen MR) is 106 cm³/mol. The van der Waals surface area contributed by atoms with E-state index in [1.807, 2.05) is 11.0 Å². The third-order valence-corrected chi connectivity index (χ3v) is 4.93. The second kappa shape index (κ2) is 7.51.